The van der Waals surface area contributed by atoms with Gasteiger partial charge < -0.3 is 19.2 Å². The first kappa shape index (κ1) is 28.2. The van der Waals surface area contributed by atoms with Crippen molar-refractivity contribution in [2.75, 3.05) is 6.54 Å². The molecule has 8 heteroatoms. The molecule has 42 heavy (non-hydrogen) atoms. The number of fused-ring (bicyclic) bond motifs is 3. The number of aromatic nitrogens is 1. The molecule has 8 nitrogen and oxygen atoms in total. The fourth-order valence-corrected chi connectivity index (χ4v) is 6.72. The molecule has 0 bridgehead atoms. The SMILES string of the molecule is O=C1C[C@]2(C(=O)O)C[C@@H]2/C=C\CCCCC[C@H](CCc2ccccc2)C(=O)N2C[C@H](Oc3nc4ccccc4o3)C[C@@H]12. The van der Waals surface area contributed by atoms with E-state index < -0.39 is 23.5 Å². The van der Waals surface area contributed by atoms with Gasteiger partial charge in [0.05, 0.1) is 18.0 Å². The van der Waals surface area contributed by atoms with Gasteiger partial charge in [-0.25, -0.2) is 0 Å². The molecule has 3 aromatic rings. The Hall–Kier alpha value is -3.94. The van der Waals surface area contributed by atoms with Crippen LogP contribution in [0.25, 0.3) is 11.1 Å². The topological polar surface area (TPSA) is 110 Å². The molecular formula is C34H38N2O6. The molecule has 1 N–H and O–H groups in total. The molecule has 3 heterocycles. The maximum Gasteiger partial charge on any atom is 0.394 e. The average Bonchev–Trinajstić information content (AvgIpc) is 3.31. The van der Waals surface area contributed by atoms with Crippen LogP contribution in [0, 0.1) is 17.3 Å². The molecule has 2 aliphatic heterocycles. The summed E-state index contributed by atoms with van der Waals surface area (Å²) in [6.07, 6.45) is 10.4. The van der Waals surface area contributed by atoms with Crippen molar-refractivity contribution in [2.24, 2.45) is 17.3 Å². The van der Waals surface area contributed by atoms with Crippen LogP contribution in [0.3, 0.4) is 0 Å². The molecule has 2 fully saturated rings. The minimum absolute atomic E-state index is 0.0438. The average molecular weight is 571 g/mol. The Morgan fingerprint density at radius 2 is 1.88 bits per heavy atom. The zero-order chi connectivity index (χ0) is 29.1. The number of carboxylic acids is 1. The number of nitrogens with zero attached hydrogens (tertiary/aromatic N) is 2. The molecule has 1 aromatic heterocycles. The van der Waals surface area contributed by atoms with Gasteiger partial charge >= 0.3 is 12.0 Å². The Morgan fingerprint density at radius 3 is 2.69 bits per heavy atom. The number of amides is 1. The number of allylic oxidation sites excluding steroid dienone is 2. The van der Waals surface area contributed by atoms with E-state index in [1.807, 2.05) is 48.5 Å². The summed E-state index contributed by atoms with van der Waals surface area (Å²) in [5.74, 6) is -1.57. The smallest absolute Gasteiger partial charge is 0.394 e. The van der Waals surface area contributed by atoms with Crippen molar-refractivity contribution in [3.8, 4) is 6.08 Å². The van der Waals surface area contributed by atoms with Gasteiger partial charge in [-0.2, -0.15) is 4.98 Å². The molecule has 220 valence electrons. The number of aliphatic carboxylic acids is 1. The molecule has 1 amide bonds. The molecule has 1 saturated carbocycles. The lowest BCUT2D eigenvalue weighted by Gasteiger charge is -2.29. The van der Waals surface area contributed by atoms with Gasteiger partial charge in [-0.3, -0.25) is 14.4 Å². The first-order valence-electron chi connectivity index (χ1n) is 15.2. The van der Waals surface area contributed by atoms with E-state index in [9.17, 15) is 19.5 Å². The Bertz CT molecular complexity index is 1430. The minimum Gasteiger partial charge on any atom is -0.481 e. The number of hydrogen-bond acceptors (Lipinski definition) is 6. The van der Waals surface area contributed by atoms with Crippen LogP contribution in [0.2, 0.25) is 0 Å². The predicted octanol–water partition coefficient (Wildman–Crippen LogP) is 6.00. The summed E-state index contributed by atoms with van der Waals surface area (Å²) < 4.78 is 11.9. The van der Waals surface area contributed by atoms with Crippen LogP contribution in [0.15, 0.2) is 71.2 Å². The first-order chi connectivity index (χ1) is 20.4. The normalized spacial score (nSPS) is 29.3. The Kier molecular flexibility index (Phi) is 8.13. The van der Waals surface area contributed by atoms with Gasteiger partial charge in [0.2, 0.25) is 5.91 Å². The molecule has 0 spiro atoms. The van der Waals surface area contributed by atoms with E-state index in [-0.39, 0.29) is 49.0 Å². The van der Waals surface area contributed by atoms with Crippen LogP contribution >= 0.6 is 0 Å². The Labute approximate surface area is 245 Å². The molecule has 6 rings (SSSR count). The zero-order valence-corrected chi connectivity index (χ0v) is 23.8. The van der Waals surface area contributed by atoms with Gasteiger partial charge in [-0.05, 0) is 62.1 Å². The highest BCUT2D eigenvalue weighted by atomic mass is 16.6. The fraction of sp³-hybridized carbons (Fsp3) is 0.471. The van der Waals surface area contributed by atoms with E-state index in [0.717, 1.165) is 38.5 Å². The van der Waals surface area contributed by atoms with Crippen LogP contribution in [-0.2, 0) is 20.8 Å². The quantitative estimate of drug-likeness (QED) is 0.362. The first-order valence-corrected chi connectivity index (χ1v) is 15.2. The number of rotatable bonds is 6. The highest BCUT2D eigenvalue weighted by Crippen LogP contribution is 2.57. The van der Waals surface area contributed by atoms with Crippen LogP contribution in [0.5, 0.6) is 6.08 Å². The summed E-state index contributed by atoms with van der Waals surface area (Å²) in [6, 6.07) is 16.8. The summed E-state index contributed by atoms with van der Waals surface area (Å²) in [6.45, 7) is 0.235. The largest absolute Gasteiger partial charge is 0.481 e. The predicted molar refractivity (Wildman–Crippen MR) is 157 cm³/mol. The van der Waals surface area contributed by atoms with E-state index in [0.29, 0.717) is 23.9 Å². The van der Waals surface area contributed by atoms with Gasteiger partial charge in [0.15, 0.2) is 11.4 Å². The lowest BCUT2D eigenvalue weighted by atomic mass is 9.90. The van der Waals surface area contributed by atoms with Crippen molar-refractivity contribution in [1.82, 2.24) is 9.88 Å². The maximum atomic E-state index is 14.2. The molecule has 1 aliphatic carbocycles. The minimum atomic E-state index is -1.09. The number of carbonyl (C=O) groups is 3. The lowest BCUT2D eigenvalue weighted by Crippen LogP contribution is -2.45. The van der Waals surface area contributed by atoms with Gasteiger partial charge in [-0.1, -0.05) is 67.5 Å². The number of oxazole rings is 1. The van der Waals surface area contributed by atoms with Crippen molar-refractivity contribution in [2.45, 2.75) is 76.4 Å². The third kappa shape index (κ3) is 5.98. The number of hydrogen-bond donors (Lipinski definition) is 1. The second-order valence-electron chi connectivity index (χ2n) is 12.1. The highest BCUT2D eigenvalue weighted by Gasteiger charge is 2.61. The second kappa shape index (κ2) is 12.1. The maximum absolute atomic E-state index is 14.2. The number of aryl methyl sites for hydroxylation is 1. The number of Topliss-reactive ketones (excluding diaryl/α,β-unsaturated/α-hetero) is 1. The summed E-state index contributed by atoms with van der Waals surface area (Å²) in [4.78, 5) is 46.6. The fourth-order valence-electron chi connectivity index (χ4n) is 6.72. The molecule has 0 unspecified atom stereocenters. The molecule has 5 atom stereocenters. The van der Waals surface area contributed by atoms with Crippen molar-refractivity contribution in [3.05, 3.63) is 72.3 Å². The van der Waals surface area contributed by atoms with E-state index in [2.05, 4.69) is 23.2 Å². The summed E-state index contributed by atoms with van der Waals surface area (Å²) in [5, 5.41) is 10.1. The summed E-state index contributed by atoms with van der Waals surface area (Å²) >= 11 is 0. The second-order valence-corrected chi connectivity index (χ2v) is 12.1. The van der Waals surface area contributed by atoms with Gasteiger partial charge in [0.25, 0.3) is 0 Å². The molecule has 2 aromatic carbocycles. The zero-order valence-electron chi connectivity index (χ0n) is 23.8. The number of benzene rings is 2. The monoisotopic (exact) mass is 570 g/mol. The third-order valence-electron chi connectivity index (χ3n) is 9.27. The molecule has 3 aliphatic rings. The van der Waals surface area contributed by atoms with E-state index in [1.165, 1.54) is 5.56 Å². The van der Waals surface area contributed by atoms with Crippen LogP contribution in [0.4, 0.5) is 0 Å². The van der Waals surface area contributed by atoms with Gasteiger partial charge in [0, 0.05) is 18.8 Å². The summed E-state index contributed by atoms with van der Waals surface area (Å²) in [5.41, 5.74) is 1.36. The number of carbonyl (C=O) groups excluding carboxylic acids is 2. The number of carboxylic acid groups (broad SMARTS) is 1. The Morgan fingerprint density at radius 1 is 1.07 bits per heavy atom. The van der Waals surface area contributed by atoms with E-state index in [1.54, 1.807) is 4.90 Å². The molecular weight excluding hydrogens is 532 g/mol. The van der Waals surface area contributed by atoms with E-state index >= 15 is 0 Å². The van der Waals surface area contributed by atoms with Crippen molar-refractivity contribution < 1.29 is 28.6 Å². The summed E-state index contributed by atoms with van der Waals surface area (Å²) in [7, 11) is 0. The van der Waals surface area contributed by atoms with Crippen LogP contribution in [-0.4, -0.2) is 51.3 Å². The number of ether oxygens (including phenoxy) is 1. The molecule has 1 saturated heterocycles. The highest BCUT2D eigenvalue weighted by molar-refractivity contribution is 5.95. The Balaban J connectivity index is 1.26. The number of para-hydroxylation sites is 2. The van der Waals surface area contributed by atoms with Crippen molar-refractivity contribution in [3.63, 3.8) is 0 Å². The van der Waals surface area contributed by atoms with Crippen molar-refractivity contribution >= 4 is 28.8 Å². The van der Waals surface area contributed by atoms with Gasteiger partial charge in [0.1, 0.15) is 11.6 Å². The van der Waals surface area contributed by atoms with Gasteiger partial charge in [-0.15, -0.1) is 0 Å². The third-order valence-corrected chi connectivity index (χ3v) is 9.27. The number of ketones is 1. The van der Waals surface area contributed by atoms with Crippen molar-refractivity contribution in [1.29, 1.82) is 0 Å². The molecule has 0 radical (unpaired) electrons. The van der Waals surface area contributed by atoms with Crippen LogP contribution in [0.1, 0.15) is 63.4 Å². The standard InChI is InChI=1S/C34H38N2O6/c37-29-21-34(32(39)40)20-25(34)14-8-3-1-2-7-13-24(18-17-23-11-5-4-6-12-23)31(38)36-22-26(19-28(29)36)41-33-35-27-15-9-10-16-30(27)42-33/h4-6,8-12,14-16,24-26,28H,1-3,7,13,17-22H2,(H,39,40)/b14-8-/t24-,25+,26-,28+,34-/m1/s1. The van der Waals surface area contributed by atoms with Crippen LogP contribution < -0.4 is 4.74 Å². The lowest BCUT2D eigenvalue weighted by molar-refractivity contribution is -0.147. The van der Waals surface area contributed by atoms with E-state index in [4.69, 9.17) is 9.15 Å².